The van der Waals surface area contributed by atoms with Crippen LogP contribution in [0.1, 0.15) is 16.1 Å². The number of aldehydes is 1. The summed E-state index contributed by atoms with van der Waals surface area (Å²) < 4.78 is 10.1. The molecule has 0 aliphatic heterocycles. The van der Waals surface area contributed by atoms with Crippen molar-refractivity contribution in [1.29, 1.82) is 0 Å². The molecule has 2 rings (SSSR count). The van der Waals surface area contributed by atoms with Crippen molar-refractivity contribution in [2.75, 3.05) is 0 Å². The normalized spacial score (nSPS) is 9.87. The fourth-order valence-corrected chi connectivity index (χ4v) is 1.15. The molecule has 0 bridgehead atoms. The average molecular weight is 203 g/mol. The molecule has 76 valence electrons. The summed E-state index contributed by atoms with van der Waals surface area (Å²) in [4.78, 5) is 10.5. The van der Waals surface area contributed by atoms with Crippen molar-refractivity contribution in [2.45, 2.75) is 6.61 Å². The van der Waals surface area contributed by atoms with Crippen LogP contribution in [0.2, 0.25) is 0 Å². The Hall–Kier alpha value is -2.10. The second kappa shape index (κ2) is 4.41. The molecular formula is C11H9NO3. The molecule has 1 heterocycles. The van der Waals surface area contributed by atoms with Gasteiger partial charge in [0.15, 0.2) is 0 Å². The Morgan fingerprint density at radius 3 is 3.07 bits per heavy atom. The molecule has 0 unspecified atom stereocenters. The van der Waals surface area contributed by atoms with E-state index in [2.05, 4.69) is 9.68 Å². The number of hydrogen-bond acceptors (Lipinski definition) is 4. The van der Waals surface area contributed by atoms with Crippen molar-refractivity contribution in [1.82, 2.24) is 5.16 Å². The molecule has 0 N–H and O–H groups in total. The molecule has 0 saturated heterocycles. The number of ether oxygens (including phenoxy) is 1. The van der Waals surface area contributed by atoms with Crippen LogP contribution in [0.25, 0.3) is 0 Å². The minimum Gasteiger partial charge on any atom is -0.487 e. The highest BCUT2D eigenvalue weighted by atomic mass is 16.5. The summed E-state index contributed by atoms with van der Waals surface area (Å²) in [6.45, 7) is 0.332. The van der Waals surface area contributed by atoms with Crippen molar-refractivity contribution >= 4 is 6.29 Å². The van der Waals surface area contributed by atoms with E-state index in [0.29, 0.717) is 23.6 Å². The van der Waals surface area contributed by atoms with E-state index in [4.69, 9.17) is 4.74 Å². The molecule has 0 spiro atoms. The van der Waals surface area contributed by atoms with Crippen molar-refractivity contribution in [2.24, 2.45) is 0 Å². The highest BCUT2D eigenvalue weighted by Crippen LogP contribution is 2.13. The summed E-state index contributed by atoms with van der Waals surface area (Å²) in [5, 5.41) is 3.70. The number of hydrogen-bond donors (Lipinski definition) is 0. The summed E-state index contributed by atoms with van der Waals surface area (Å²) in [7, 11) is 0. The average Bonchev–Trinajstić information content (AvgIpc) is 2.79. The third-order valence-corrected chi connectivity index (χ3v) is 1.87. The third-order valence-electron chi connectivity index (χ3n) is 1.87. The van der Waals surface area contributed by atoms with E-state index in [-0.39, 0.29) is 0 Å². The van der Waals surface area contributed by atoms with Crippen LogP contribution in [0.3, 0.4) is 0 Å². The van der Waals surface area contributed by atoms with Crippen molar-refractivity contribution in [3.63, 3.8) is 0 Å². The fourth-order valence-electron chi connectivity index (χ4n) is 1.15. The van der Waals surface area contributed by atoms with Crippen LogP contribution in [-0.4, -0.2) is 11.4 Å². The summed E-state index contributed by atoms with van der Waals surface area (Å²) in [6, 6.07) is 8.67. The molecule has 0 radical (unpaired) electrons. The number of rotatable bonds is 4. The quantitative estimate of drug-likeness (QED) is 0.714. The van der Waals surface area contributed by atoms with Gasteiger partial charge < -0.3 is 9.26 Å². The molecule has 0 atom stereocenters. The van der Waals surface area contributed by atoms with Gasteiger partial charge in [-0.15, -0.1) is 0 Å². The Morgan fingerprint density at radius 2 is 2.33 bits per heavy atom. The smallest absolute Gasteiger partial charge is 0.150 e. The van der Waals surface area contributed by atoms with Crippen LogP contribution >= 0.6 is 0 Å². The lowest BCUT2D eigenvalue weighted by Crippen LogP contribution is -1.95. The molecule has 0 aliphatic carbocycles. The lowest BCUT2D eigenvalue weighted by Gasteiger charge is -2.03. The van der Waals surface area contributed by atoms with Gasteiger partial charge in [-0.25, -0.2) is 0 Å². The fraction of sp³-hybridized carbons (Fsp3) is 0.0909. The third kappa shape index (κ3) is 2.43. The molecular weight excluding hydrogens is 194 g/mol. The van der Waals surface area contributed by atoms with E-state index in [1.165, 1.54) is 6.26 Å². The number of aromatic nitrogens is 1. The lowest BCUT2D eigenvalue weighted by atomic mass is 10.2. The lowest BCUT2D eigenvalue weighted by molar-refractivity contribution is 0.112. The van der Waals surface area contributed by atoms with Crippen LogP contribution in [-0.2, 0) is 6.61 Å². The van der Waals surface area contributed by atoms with Gasteiger partial charge in [-0.05, 0) is 12.1 Å². The van der Waals surface area contributed by atoms with Crippen molar-refractivity contribution in [3.8, 4) is 5.75 Å². The highest BCUT2D eigenvalue weighted by molar-refractivity contribution is 5.75. The second-order valence-electron chi connectivity index (χ2n) is 2.97. The number of carbonyl (C=O) groups excluding carboxylic acids is 1. The van der Waals surface area contributed by atoms with Gasteiger partial charge in [-0.1, -0.05) is 17.3 Å². The molecule has 4 heteroatoms. The zero-order chi connectivity index (χ0) is 10.5. The standard InChI is InChI=1S/C11H9NO3/c13-7-9-2-1-3-11(6-9)14-8-10-4-5-15-12-10/h1-7H,8H2. The largest absolute Gasteiger partial charge is 0.487 e. The molecule has 0 aliphatic rings. The zero-order valence-electron chi connectivity index (χ0n) is 7.92. The first kappa shape index (κ1) is 9.45. The van der Waals surface area contributed by atoms with E-state index in [0.717, 1.165) is 6.29 Å². The van der Waals surface area contributed by atoms with Crippen LogP contribution < -0.4 is 4.74 Å². The SMILES string of the molecule is O=Cc1cccc(OCc2ccon2)c1. The van der Waals surface area contributed by atoms with E-state index >= 15 is 0 Å². The van der Waals surface area contributed by atoms with Crippen molar-refractivity contribution < 1.29 is 14.1 Å². The Labute approximate surface area is 86.5 Å². The van der Waals surface area contributed by atoms with E-state index in [1.807, 2.05) is 0 Å². The summed E-state index contributed by atoms with van der Waals surface area (Å²) in [6.07, 6.45) is 2.27. The maximum absolute atomic E-state index is 10.5. The topological polar surface area (TPSA) is 52.3 Å². The minimum atomic E-state index is 0.332. The van der Waals surface area contributed by atoms with Gasteiger partial charge in [-0.2, -0.15) is 0 Å². The molecule has 0 fully saturated rings. The monoisotopic (exact) mass is 203 g/mol. The predicted octanol–water partition coefficient (Wildman–Crippen LogP) is 2.07. The van der Waals surface area contributed by atoms with E-state index in [1.54, 1.807) is 30.3 Å². The van der Waals surface area contributed by atoms with Gasteiger partial charge in [-0.3, -0.25) is 4.79 Å². The number of nitrogens with zero attached hydrogens (tertiary/aromatic N) is 1. The van der Waals surface area contributed by atoms with Gasteiger partial charge in [0, 0.05) is 11.6 Å². The van der Waals surface area contributed by atoms with E-state index in [9.17, 15) is 4.79 Å². The molecule has 1 aromatic heterocycles. The predicted molar refractivity (Wildman–Crippen MR) is 52.7 cm³/mol. The Balaban J connectivity index is 2.01. The Morgan fingerprint density at radius 1 is 1.40 bits per heavy atom. The Bertz CT molecular complexity index is 437. The number of carbonyl (C=O) groups is 1. The van der Waals surface area contributed by atoms with Crippen LogP contribution in [0.4, 0.5) is 0 Å². The summed E-state index contributed by atoms with van der Waals surface area (Å²) >= 11 is 0. The van der Waals surface area contributed by atoms with Crippen molar-refractivity contribution in [3.05, 3.63) is 47.9 Å². The van der Waals surface area contributed by atoms with Crippen LogP contribution in [0.15, 0.2) is 41.1 Å². The van der Waals surface area contributed by atoms with Gasteiger partial charge in [0.25, 0.3) is 0 Å². The summed E-state index contributed by atoms with van der Waals surface area (Å²) in [5.41, 5.74) is 1.30. The van der Waals surface area contributed by atoms with Gasteiger partial charge in [0.05, 0.1) is 0 Å². The maximum atomic E-state index is 10.5. The Kier molecular flexibility index (Phi) is 2.78. The van der Waals surface area contributed by atoms with E-state index < -0.39 is 0 Å². The molecule has 2 aromatic rings. The first-order valence-electron chi connectivity index (χ1n) is 4.46. The van der Waals surface area contributed by atoms with Crippen LogP contribution in [0, 0.1) is 0 Å². The molecule has 0 amide bonds. The number of benzene rings is 1. The minimum absolute atomic E-state index is 0.332. The maximum Gasteiger partial charge on any atom is 0.150 e. The van der Waals surface area contributed by atoms with Gasteiger partial charge in [0.1, 0.15) is 30.6 Å². The first-order valence-corrected chi connectivity index (χ1v) is 4.46. The molecule has 15 heavy (non-hydrogen) atoms. The first-order chi connectivity index (χ1) is 7.38. The molecule has 4 nitrogen and oxygen atoms in total. The zero-order valence-corrected chi connectivity index (χ0v) is 7.92. The van der Waals surface area contributed by atoms with Gasteiger partial charge in [0.2, 0.25) is 0 Å². The molecule has 1 aromatic carbocycles. The van der Waals surface area contributed by atoms with Gasteiger partial charge >= 0.3 is 0 Å². The highest BCUT2D eigenvalue weighted by Gasteiger charge is 1.99. The molecule has 0 saturated carbocycles. The summed E-state index contributed by atoms with van der Waals surface area (Å²) in [5.74, 6) is 0.641. The second-order valence-corrected chi connectivity index (χ2v) is 2.97. The van der Waals surface area contributed by atoms with Crippen LogP contribution in [0.5, 0.6) is 5.75 Å².